The minimum absolute atomic E-state index is 0.0415. The molecular formula is C14H12N6O5. The Balaban J connectivity index is 1.86. The fraction of sp³-hybridized carbons (Fsp3) is 0.214. The third-order valence-corrected chi connectivity index (χ3v) is 3.62. The SMILES string of the molecule is Cc1nn(C(C)c2nc(-c3ccc([N+](=O)[O-])cc3)no2)cc1[N+](=O)[O-]. The topological polar surface area (TPSA) is 143 Å². The number of hydrogen-bond acceptors (Lipinski definition) is 8. The molecule has 0 radical (unpaired) electrons. The van der Waals surface area contributed by atoms with Gasteiger partial charge in [-0.2, -0.15) is 10.1 Å². The lowest BCUT2D eigenvalue weighted by Crippen LogP contribution is -2.07. The molecule has 0 saturated heterocycles. The average molecular weight is 344 g/mol. The van der Waals surface area contributed by atoms with E-state index in [9.17, 15) is 20.2 Å². The number of aromatic nitrogens is 4. The monoisotopic (exact) mass is 344 g/mol. The maximum atomic E-state index is 10.9. The lowest BCUT2D eigenvalue weighted by Gasteiger charge is -2.05. The quantitative estimate of drug-likeness (QED) is 0.507. The Morgan fingerprint density at radius 3 is 2.40 bits per heavy atom. The zero-order chi connectivity index (χ0) is 18.1. The number of benzene rings is 1. The van der Waals surface area contributed by atoms with Gasteiger partial charge in [0.25, 0.3) is 11.6 Å². The molecule has 3 aromatic rings. The van der Waals surface area contributed by atoms with Gasteiger partial charge in [0.05, 0.1) is 9.85 Å². The Kier molecular flexibility index (Phi) is 3.97. The zero-order valence-corrected chi connectivity index (χ0v) is 13.2. The third-order valence-electron chi connectivity index (χ3n) is 3.62. The van der Waals surface area contributed by atoms with E-state index in [1.54, 1.807) is 6.92 Å². The van der Waals surface area contributed by atoms with Crippen LogP contribution in [-0.4, -0.2) is 29.8 Å². The van der Waals surface area contributed by atoms with Gasteiger partial charge in [-0.05, 0) is 26.0 Å². The smallest absolute Gasteiger partial charge is 0.309 e. The highest BCUT2D eigenvalue weighted by atomic mass is 16.6. The maximum Gasteiger partial charge on any atom is 0.309 e. The molecule has 128 valence electrons. The van der Waals surface area contributed by atoms with Crippen molar-refractivity contribution in [3.8, 4) is 11.4 Å². The molecule has 0 fully saturated rings. The van der Waals surface area contributed by atoms with Crippen LogP contribution in [0.5, 0.6) is 0 Å². The van der Waals surface area contributed by atoms with Crippen LogP contribution in [-0.2, 0) is 0 Å². The number of nitrogens with zero attached hydrogens (tertiary/aromatic N) is 6. The van der Waals surface area contributed by atoms with Crippen LogP contribution in [0.25, 0.3) is 11.4 Å². The summed E-state index contributed by atoms with van der Waals surface area (Å²) in [5.41, 5.74) is 0.699. The minimum atomic E-state index is -0.512. The molecule has 0 spiro atoms. The van der Waals surface area contributed by atoms with Crippen molar-refractivity contribution in [1.29, 1.82) is 0 Å². The summed E-state index contributed by atoms with van der Waals surface area (Å²) in [5, 5.41) is 29.5. The van der Waals surface area contributed by atoms with Gasteiger partial charge in [-0.1, -0.05) is 5.16 Å². The van der Waals surface area contributed by atoms with E-state index in [0.717, 1.165) is 0 Å². The normalized spacial score (nSPS) is 12.1. The van der Waals surface area contributed by atoms with E-state index < -0.39 is 15.9 Å². The summed E-state index contributed by atoms with van der Waals surface area (Å²) in [6.45, 7) is 3.25. The number of nitro groups is 2. The van der Waals surface area contributed by atoms with Crippen molar-refractivity contribution in [1.82, 2.24) is 19.9 Å². The molecule has 11 nitrogen and oxygen atoms in total. The van der Waals surface area contributed by atoms with Crippen LogP contribution in [0.2, 0.25) is 0 Å². The first-order valence-electron chi connectivity index (χ1n) is 7.15. The summed E-state index contributed by atoms with van der Waals surface area (Å²) in [4.78, 5) is 24.8. The van der Waals surface area contributed by atoms with Crippen molar-refractivity contribution in [2.45, 2.75) is 19.9 Å². The van der Waals surface area contributed by atoms with Gasteiger partial charge in [0.15, 0.2) is 0 Å². The van der Waals surface area contributed by atoms with Crippen molar-refractivity contribution in [3.63, 3.8) is 0 Å². The van der Waals surface area contributed by atoms with Gasteiger partial charge in [0.2, 0.25) is 5.82 Å². The molecule has 0 aliphatic heterocycles. The highest BCUT2D eigenvalue weighted by Crippen LogP contribution is 2.25. The van der Waals surface area contributed by atoms with E-state index in [1.165, 1.54) is 42.1 Å². The van der Waals surface area contributed by atoms with Crippen molar-refractivity contribution in [2.24, 2.45) is 0 Å². The van der Waals surface area contributed by atoms with E-state index in [-0.39, 0.29) is 28.8 Å². The van der Waals surface area contributed by atoms with E-state index in [2.05, 4.69) is 15.2 Å². The number of nitro benzene ring substituents is 1. The van der Waals surface area contributed by atoms with E-state index in [0.29, 0.717) is 5.56 Å². The number of non-ortho nitro benzene ring substituents is 1. The van der Waals surface area contributed by atoms with E-state index in [1.807, 2.05) is 0 Å². The molecule has 11 heteroatoms. The molecule has 0 amide bonds. The van der Waals surface area contributed by atoms with Crippen LogP contribution in [0.1, 0.15) is 24.6 Å². The maximum absolute atomic E-state index is 10.9. The van der Waals surface area contributed by atoms with Crippen LogP contribution in [0, 0.1) is 27.2 Å². The van der Waals surface area contributed by atoms with E-state index in [4.69, 9.17) is 4.52 Å². The standard InChI is InChI=1S/C14H12N6O5/c1-8-12(20(23)24)7-18(16-8)9(2)14-15-13(17-25-14)10-3-5-11(6-4-10)19(21)22/h3-7,9H,1-2H3. The highest BCUT2D eigenvalue weighted by Gasteiger charge is 2.23. The molecule has 1 aromatic carbocycles. The second kappa shape index (κ2) is 6.11. The Morgan fingerprint density at radius 2 is 1.84 bits per heavy atom. The van der Waals surface area contributed by atoms with Crippen LogP contribution >= 0.6 is 0 Å². The molecule has 0 bridgehead atoms. The Morgan fingerprint density at radius 1 is 1.16 bits per heavy atom. The van der Waals surface area contributed by atoms with Crippen molar-refractivity contribution in [2.75, 3.05) is 0 Å². The summed E-state index contributed by atoms with van der Waals surface area (Å²) < 4.78 is 6.57. The second-order valence-electron chi connectivity index (χ2n) is 5.27. The molecule has 0 aliphatic carbocycles. The Hall–Kier alpha value is -3.63. The largest absolute Gasteiger partial charge is 0.337 e. The molecule has 2 heterocycles. The molecule has 1 unspecified atom stereocenters. The van der Waals surface area contributed by atoms with Gasteiger partial charge in [-0.15, -0.1) is 0 Å². The fourth-order valence-electron chi connectivity index (χ4n) is 2.22. The summed E-state index contributed by atoms with van der Waals surface area (Å²) in [5.74, 6) is 0.473. The van der Waals surface area contributed by atoms with Crippen LogP contribution in [0.4, 0.5) is 11.4 Å². The summed E-state index contributed by atoms with van der Waals surface area (Å²) in [6.07, 6.45) is 1.30. The van der Waals surface area contributed by atoms with Crippen molar-refractivity contribution in [3.05, 3.63) is 62.3 Å². The number of aryl methyl sites for hydroxylation is 1. The van der Waals surface area contributed by atoms with Crippen molar-refractivity contribution >= 4 is 11.4 Å². The lowest BCUT2D eigenvalue weighted by atomic mass is 10.2. The first kappa shape index (κ1) is 16.2. The predicted molar refractivity (Wildman–Crippen MR) is 83.8 cm³/mol. The molecule has 25 heavy (non-hydrogen) atoms. The second-order valence-corrected chi connectivity index (χ2v) is 5.27. The van der Waals surface area contributed by atoms with E-state index >= 15 is 0 Å². The zero-order valence-electron chi connectivity index (χ0n) is 13.2. The number of rotatable bonds is 5. The molecule has 2 aromatic heterocycles. The van der Waals surface area contributed by atoms with Gasteiger partial charge >= 0.3 is 5.69 Å². The minimum Gasteiger partial charge on any atom is -0.337 e. The highest BCUT2D eigenvalue weighted by molar-refractivity contribution is 5.56. The molecule has 3 rings (SSSR count). The molecular weight excluding hydrogens is 332 g/mol. The van der Waals surface area contributed by atoms with Crippen LogP contribution in [0.3, 0.4) is 0 Å². The van der Waals surface area contributed by atoms with Crippen LogP contribution < -0.4 is 0 Å². The first-order chi connectivity index (χ1) is 11.9. The predicted octanol–water partition coefficient (Wildman–Crippen LogP) is 2.67. The third kappa shape index (κ3) is 3.06. The Bertz CT molecular complexity index is 945. The van der Waals surface area contributed by atoms with Gasteiger partial charge < -0.3 is 4.52 Å². The fourth-order valence-corrected chi connectivity index (χ4v) is 2.22. The lowest BCUT2D eigenvalue weighted by molar-refractivity contribution is -0.385. The number of hydrogen-bond donors (Lipinski definition) is 0. The molecule has 0 N–H and O–H groups in total. The molecule has 1 atom stereocenters. The Labute approximate surface area is 140 Å². The van der Waals surface area contributed by atoms with Crippen LogP contribution in [0.15, 0.2) is 35.0 Å². The van der Waals surface area contributed by atoms with Crippen molar-refractivity contribution < 1.29 is 14.4 Å². The van der Waals surface area contributed by atoms with Gasteiger partial charge in [-0.3, -0.25) is 24.9 Å². The molecule has 0 aliphatic rings. The molecule has 0 saturated carbocycles. The van der Waals surface area contributed by atoms with Gasteiger partial charge in [0.1, 0.15) is 17.9 Å². The van der Waals surface area contributed by atoms with Gasteiger partial charge in [-0.25, -0.2) is 0 Å². The summed E-state index contributed by atoms with van der Waals surface area (Å²) in [6, 6.07) is 5.21. The first-order valence-corrected chi connectivity index (χ1v) is 7.15. The van der Waals surface area contributed by atoms with Gasteiger partial charge in [0, 0.05) is 17.7 Å². The average Bonchev–Trinajstić information content (AvgIpc) is 3.21. The summed E-state index contributed by atoms with van der Waals surface area (Å²) in [7, 11) is 0. The summed E-state index contributed by atoms with van der Waals surface area (Å²) >= 11 is 0.